The van der Waals surface area contributed by atoms with Gasteiger partial charge in [0, 0.05) is 56.6 Å². The van der Waals surface area contributed by atoms with Crippen molar-refractivity contribution in [2.24, 2.45) is 0 Å². The number of piperazine rings is 1. The molecule has 1 aromatic carbocycles. The average molecular weight is 396 g/mol. The van der Waals surface area contributed by atoms with Gasteiger partial charge in [0.25, 0.3) is 5.91 Å². The highest BCUT2D eigenvalue weighted by molar-refractivity contribution is 5.94. The minimum Gasteiger partial charge on any atom is -0.339 e. The van der Waals surface area contributed by atoms with Crippen molar-refractivity contribution in [2.45, 2.75) is 39.7 Å². The van der Waals surface area contributed by atoms with E-state index in [1.165, 1.54) is 13.1 Å². The van der Waals surface area contributed by atoms with Crippen LogP contribution in [0.1, 0.15) is 41.5 Å². The van der Waals surface area contributed by atoms with E-state index in [4.69, 9.17) is 0 Å². The second-order valence-electron chi connectivity index (χ2n) is 8.38. The van der Waals surface area contributed by atoms with Crippen molar-refractivity contribution in [3.8, 4) is 5.69 Å². The number of hydrogen-bond acceptors (Lipinski definition) is 4. The molecule has 0 bridgehead atoms. The smallest absolute Gasteiger partial charge is 0.253 e. The standard InChI is InChI=1S/C23H33N5O/c1-4-25-12-14-26(15-13-25)21-8-10-27(11-9-21)23(29)20-6-5-7-22(17-20)28-19(3)16-18(2)24-28/h5-7,16-17,21H,4,8-15H2,1-3H3. The molecule has 2 aliphatic rings. The van der Waals surface area contributed by atoms with Crippen LogP contribution in [-0.4, -0.2) is 82.2 Å². The molecule has 29 heavy (non-hydrogen) atoms. The van der Waals surface area contributed by atoms with Gasteiger partial charge in [0.2, 0.25) is 0 Å². The van der Waals surface area contributed by atoms with E-state index in [2.05, 4.69) is 27.9 Å². The lowest BCUT2D eigenvalue weighted by atomic mass is 10.0. The van der Waals surface area contributed by atoms with E-state index in [9.17, 15) is 4.79 Å². The van der Waals surface area contributed by atoms with Gasteiger partial charge in [-0.15, -0.1) is 0 Å². The summed E-state index contributed by atoms with van der Waals surface area (Å²) in [6, 6.07) is 10.5. The topological polar surface area (TPSA) is 44.6 Å². The number of hydrogen-bond donors (Lipinski definition) is 0. The maximum atomic E-state index is 13.1. The number of likely N-dealkylation sites (tertiary alicyclic amines) is 1. The summed E-state index contributed by atoms with van der Waals surface area (Å²) in [6.07, 6.45) is 2.16. The Balaban J connectivity index is 1.38. The first kappa shape index (κ1) is 20.1. The molecule has 0 N–H and O–H groups in total. The Hall–Kier alpha value is -2.18. The number of amides is 1. The third-order valence-corrected chi connectivity index (χ3v) is 6.47. The third kappa shape index (κ3) is 4.38. The van der Waals surface area contributed by atoms with E-state index >= 15 is 0 Å². The lowest BCUT2D eigenvalue weighted by Gasteiger charge is -2.42. The molecule has 4 rings (SSSR count). The van der Waals surface area contributed by atoms with E-state index in [1.807, 2.05) is 47.7 Å². The third-order valence-electron chi connectivity index (χ3n) is 6.47. The fraction of sp³-hybridized carbons (Fsp3) is 0.565. The summed E-state index contributed by atoms with van der Waals surface area (Å²) in [6.45, 7) is 13.8. The van der Waals surface area contributed by atoms with E-state index in [0.29, 0.717) is 6.04 Å². The van der Waals surface area contributed by atoms with Crippen LogP contribution < -0.4 is 0 Å². The SMILES string of the molecule is CCN1CCN(C2CCN(C(=O)c3cccc(-n4nc(C)cc4C)c3)CC2)CC1. The van der Waals surface area contributed by atoms with Crippen LogP contribution in [0.2, 0.25) is 0 Å². The number of aromatic nitrogens is 2. The summed E-state index contributed by atoms with van der Waals surface area (Å²) in [5.41, 5.74) is 3.77. The second kappa shape index (κ2) is 8.67. The fourth-order valence-electron chi connectivity index (χ4n) is 4.72. The number of benzene rings is 1. The molecule has 0 unspecified atom stereocenters. The van der Waals surface area contributed by atoms with E-state index in [-0.39, 0.29) is 5.91 Å². The summed E-state index contributed by atoms with van der Waals surface area (Å²) < 4.78 is 1.91. The molecule has 0 spiro atoms. The van der Waals surface area contributed by atoms with Crippen molar-refractivity contribution in [3.63, 3.8) is 0 Å². The number of nitrogens with zero attached hydrogens (tertiary/aromatic N) is 5. The Kier molecular flexibility index (Phi) is 6.01. The summed E-state index contributed by atoms with van der Waals surface area (Å²) in [5, 5.41) is 4.55. The minimum absolute atomic E-state index is 0.141. The van der Waals surface area contributed by atoms with Gasteiger partial charge in [-0.3, -0.25) is 9.69 Å². The van der Waals surface area contributed by atoms with Gasteiger partial charge < -0.3 is 9.80 Å². The lowest BCUT2D eigenvalue weighted by molar-refractivity contribution is 0.0490. The van der Waals surface area contributed by atoms with Crippen molar-refractivity contribution >= 4 is 5.91 Å². The van der Waals surface area contributed by atoms with Crippen molar-refractivity contribution in [1.82, 2.24) is 24.5 Å². The molecule has 0 aliphatic carbocycles. The highest BCUT2D eigenvalue weighted by Crippen LogP contribution is 2.21. The molecule has 0 saturated carbocycles. The summed E-state index contributed by atoms with van der Waals surface area (Å²) in [7, 11) is 0. The van der Waals surface area contributed by atoms with Crippen molar-refractivity contribution < 1.29 is 4.79 Å². The van der Waals surface area contributed by atoms with Crippen LogP contribution in [0.15, 0.2) is 30.3 Å². The second-order valence-corrected chi connectivity index (χ2v) is 8.38. The minimum atomic E-state index is 0.141. The first-order valence-corrected chi connectivity index (χ1v) is 10.9. The first-order valence-electron chi connectivity index (χ1n) is 10.9. The largest absolute Gasteiger partial charge is 0.339 e. The Morgan fingerprint density at radius 1 is 1.03 bits per heavy atom. The van der Waals surface area contributed by atoms with E-state index in [0.717, 1.165) is 68.2 Å². The van der Waals surface area contributed by atoms with Crippen LogP contribution in [-0.2, 0) is 0 Å². The Morgan fingerprint density at radius 3 is 2.38 bits per heavy atom. The molecule has 1 aromatic heterocycles. The Labute approximate surface area is 174 Å². The molecule has 2 saturated heterocycles. The first-order chi connectivity index (χ1) is 14.0. The maximum absolute atomic E-state index is 13.1. The molecule has 0 atom stereocenters. The molecule has 1 amide bonds. The molecule has 2 aliphatic heterocycles. The molecule has 2 fully saturated rings. The molecule has 0 radical (unpaired) electrons. The molecule has 3 heterocycles. The van der Waals surface area contributed by atoms with Crippen LogP contribution >= 0.6 is 0 Å². The Morgan fingerprint density at radius 2 is 1.76 bits per heavy atom. The molecule has 156 valence electrons. The van der Waals surface area contributed by atoms with Gasteiger partial charge in [0.05, 0.1) is 11.4 Å². The van der Waals surface area contributed by atoms with Gasteiger partial charge in [-0.2, -0.15) is 5.10 Å². The number of piperidine rings is 1. The van der Waals surface area contributed by atoms with Crippen LogP contribution in [0.5, 0.6) is 0 Å². The fourth-order valence-corrected chi connectivity index (χ4v) is 4.72. The summed E-state index contributed by atoms with van der Waals surface area (Å²) >= 11 is 0. The van der Waals surface area contributed by atoms with Crippen LogP contribution in [0.25, 0.3) is 5.69 Å². The highest BCUT2D eigenvalue weighted by atomic mass is 16.2. The van der Waals surface area contributed by atoms with Crippen molar-refractivity contribution in [3.05, 3.63) is 47.3 Å². The predicted octanol–water partition coefficient (Wildman–Crippen LogP) is 2.73. The number of carbonyl (C=O) groups is 1. The molecule has 2 aromatic rings. The maximum Gasteiger partial charge on any atom is 0.253 e. The predicted molar refractivity (Wildman–Crippen MR) is 116 cm³/mol. The van der Waals surface area contributed by atoms with Gasteiger partial charge in [-0.25, -0.2) is 4.68 Å². The summed E-state index contributed by atoms with van der Waals surface area (Å²) in [4.78, 5) is 20.3. The molecule has 6 nitrogen and oxygen atoms in total. The van der Waals surface area contributed by atoms with Gasteiger partial charge in [-0.1, -0.05) is 13.0 Å². The molecular formula is C23H33N5O. The normalized spacial score (nSPS) is 19.6. The van der Waals surface area contributed by atoms with Crippen LogP contribution in [0.3, 0.4) is 0 Å². The van der Waals surface area contributed by atoms with Crippen LogP contribution in [0, 0.1) is 13.8 Å². The van der Waals surface area contributed by atoms with Gasteiger partial charge in [-0.05, 0) is 57.5 Å². The number of rotatable bonds is 4. The number of aryl methyl sites for hydroxylation is 2. The molecular weight excluding hydrogens is 362 g/mol. The summed E-state index contributed by atoms with van der Waals surface area (Å²) in [5.74, 6) is 0.141. The lowest BCUT2D eigenvalue weighted by Crippen LogP contribution is -2.53. The number of likely N-dealkylation sites (N-methyl/N-ethyl adjacent to an activating group) is 1. The zero-order chi connectivity index (χ0) is 20.4. The van der Waals surface area contributed by atoms with Crippen molar-refractivity contribution in [1.29, 1.82) is 0 Å². The quantitative estimate of drug-likeness (QED) is 0.799. The van der Waals surface area contributed by atoms with Gasteiger partial charge >= 0.3 is 0 Å². The van der Waals surface area contributed by atoms with Crippen LogP contribution in [0.4, 0.5) is 0 Å². The number of carbonyl (C=O) groups excluding carboxylic acids is 1. The van der Waals surface area contributed by atoms with Gasteiger partial charge in [0.1, 0.15) is 0 Å². The molecule has 6 heteroatoms. The highest BCUT2D eigenvalue weighted by Gasteiger charge is 2.29. The monoisotopic (exact) mass is 395 g/mol. The Bertz CT molecular complexity index is 845. The van der Waals surface area contributed by atoms with Gasteiger partial charge in [0.15, 0.2) is 0 Å². The average Bonchev–Trinajstić information content (AvgIpc) is 3.11. The van der Waals surface area contributed by atoms with E-state index < -0.39 is 0 Å². The zero-order valence-electron chi connectivity index (χ0n) is 18.0. The van der Waals surface area contributed by atoms with E-state index in [1.54, 1.807) is 0 Å². The van der Waals surface area contributed by atoms with Crippen molar-refractivity contribution in [2.75, 3.05) is 45.8 Å². The zero-order valence-corrected chi connectivity index (χ0v) is 18.0.